The Morgan fingerprint density at radius 1 is 1.28 bits per heavy atom. The van der Waals surface area contributed by atoms with Gasteiger partial charge in [-0.1, -0.05) is 6.07 Å². The molecule has 0 bridgehead atoms. The van der Waals surface area contributed by atoms with Crippen LogP contribution < -0.4 is 10.3 Å². The Balaban J connectivity index is 1.82. The molecule has 0 aliphatic carbocycles. The SMILES string of the molecule is COc1ccc(C(=O)OCc2cc(=O)n3cccc(C)c3n2)c(F)c1. The summed E-state index contributed by atoms with van der Waals surface area (Å²) in [5.41, 5.74) is 1.09. The molecule has 0 spiro atoms. The summed E-state index contributed by atoms with van der Waals surface area (Å²) in [6.07, 6.45) is 1.61. The first-order chi connectivity index (χ1) is 12.0. The molecule has 0 saturated carbocycles. The number of pyridine rings is 1. The number of aromatic nitrogens is 2. The second kappa shape index (κ2) is 6.72. The first-order valence-electron chi connectivity index (χ1n) is 7.48. The van der Waals surface area contributed by atoms with E-state index < -0.39 is 11.8 Å². The van der Waals surface area contributed by atoms with Crippen molar-refractivity contribution in [2.45, 2.75) is 13.5 Å². The monoisotopic (exact) mass is 342 g/mol. The lowest BCUT2D eigenvalue weighted by Gasteiger charge is -2.08. The maximum absolute atomic E-state index is 13.9. The molecule has 6 nitrogen and oxygen atoms in total. The van der Waals surface area contributed by atoms with Crippen molar-refractivity contribution in [1.29, 1.82) is 0 Å². The highest BCUT2D eigenvalue weighted by atomic mass is 19.1. The van der Waals surface area contributed by atoms with Gasteiger partial charge in [-0.3, -0.25) is 9.20 Å². The molecule has 7 heteroatoms. The summed E-state index contributed by atoms with van der Waals surface area (Å²) in [6.45, 7) is 1.59. The van der Waals surface area contributed by atoms with Gasteiger partial charge in [0, 0.05) is 18.3 Å². The largest absolute Gasteiger partial charge is 0.497 e. The van der Waals surface area contributed by atoms with Gasteiger partial charge in [0.25, 0.3) is 5.56 Å². The highest BCUT2D eigenvalue weighted by molar-refractivity contribution is 5.89. The van der Waals surface area contributed by atoms with Crippen LogP contribution in [-0.2, 0) is 11.3 Å². The van der Waals surface area contributed by atoms with Crippen LogP contribution in [0.25, 0.3) is 5.65 Å². The third-order valence-electron chi connectivity index (χ3n) is 3.69. The Morgan fingerprint density at radius 3 is 2.80 bits per heavy atom. The van der Waals surface area contributed by atoms with E-state index in [-0.39, 0.29) is 17.7 Å². The van der Waals surface area contributed by atoms with Gasteiger partial charge in [0.05, 0.1) is 18.4 Å². The summed E-state index contributed by atoms with van der Waals surface area (Å²) in [5, 5.41) is 0. The van der Waals surface area contributed by atoms with Crippen LogP contribution in [0.5, 0.6) is 5.75 Å². The Kier molecular flexibility index (Phi) is 4.47. The number of hydrogen-bond acceptors (Lipinski definition) is 5. The van der Waals surface area contributed by atoms with Crippen molar-refractivity contribution in [3.63, 3.8) is 0 Å². The average molecular weight is 342 g/mol. The number of halogens is 1. The summed E-state index contributed by atoms with van der Waals surface area (Å²) >= 11 is 0. The molecule has 0 saturated heterocycles. The second-order valence-electron chi connectivity index (χ2n) is 5.39. The number of methoxy groups -OCH3 is 1. The van der Waals surface area contributed by atoms with E-state index in [2.05, 4.69) is 4.98 Å². The number of benzene rings is 1. The maximum Gasteiger partial charge on any atom is 0.341 e. The minimum Gasteiger partial charge on any atom is -0.497 e. The topological polar surface area (TPSA) is 69.9 Å². The number of nitrogens with zero attached hydrogens (tertiary/aromatic N) is 2. The molecule has 25 heavy (non-hydrogen) atoms. The molecule has 3 aromatic rings. The van der Waals surface area contributed by atoms with E-state index in [9.17, 15) is 14.0 Å². The molecule has 0 aliphatic heterocycles. The van der Waals surface area contributed by atoms with Crippen LogP contribution in [0.1, 0.15) is 21.6 Å². The van der Waals surface area contributed by atoms with Crippen LogP contribution in [0.2, 0.25) is 0 Å². The van der Waals surface area contributed by atoms with Gasteiger partial charge in [0.15, 0.2) is 0 Å². The summed E-state index contributed by atoms with van der Waals surface area (Å²) in [7, 11) is 1.40. The molecular weight excluding hydrogens is 327 g/mol. The zero-order valence-electron chi connectivity index (χ0n) is 13.7. The van der Waals surface area contributed by atoms with E-state index in [1.54, 1.807) is 12.3 Å². The smallest absolute Gasteiger partial charge is 0.341 e. The third kappa shape index (κ3) is 3.35. The van der Waals surface area contributed by atoms with Gasteiger partial charge < -0.3 is 9.47 Å². The molecule has 128 valence electrons. The fourth-order valence-electron chi connectivity index (χ4n) is 2.39. The summed E-state index contributed by atoms with van der Waals surface area (Å²) in [5.74, 6) is -1.28. The Hall–Kier alpha value is -3.22. The predicted molar refractivity (Wildman–Crippen MR) is 88.3 cm³/mol. The lowest BCUT2D eigenvalue weighted by Crippen LogP contribution is -2.17. The number of hydrogen-bond donors (Lipinski definition) is 0. The van der Waals surface area contributed by atoms with Crippen LogP contribution >= 0.6 is 0 Å². The molecule has 0 fully saturated rings. The molecule has 2 aromatic heterocycles. The average Bonchev–Trinajstić information content (AvgIpc) is 2.60. The van der Waals surface area contributed by atoms with Crippen molar-refractivity contribution in [1.82, 2.24) is 9.38 Å². The summed E-state index contributed by atoms with van der Waals surface area (Å²) < 4.78 is 25.3. The van der Waals surface area contributed by atoms with Crippen LogP contribution in [0.3, 0.4) is 0 Å². The van der Waals surface area contributed by atoms with Crippen molar-refractivity contribution >= 4 is 11.6 Å². The van der Waals surface area contributed by atoms with E-state index in [0.29, 0.717) is 17.1 Å². The van der Waals surface area contributed by atoms with Gasteiger partial charge in [-0.15, -0.1) is 0 Å². The quantitative estimate of drug-likeness (QED) is 0.682. The number of rotatable bonds is 4. The van der Waals surface area contributed by atoms with Gasteiger partial charge in [-0.2, -0.15) is 0 Å². The van der Waals surface area contributed by atoms with Gasteiger partial charge in [0.2, 0.25) is 0 Å². The highest BCUT2D eigenvalue weighted by Crippen LogP contribution is 2.17. The van der Waals surface area contributed by atoms with Crippen molar-refractivity contribution in [2.24, 2.45) is 0 Å². The third-order valence-corrected chi connectivity index (χ3v) is 3.69. The zero-order chi connectivity index (χ0) is 18.0. The van der Waals surface area contributed by atoms with Crippen molar-refractivity contribution < 1.29 is 18.7 Å². The number of carbonyl (C=O) groups excluding carboxylic acids is 1. The Morgan fingerprint density at radius 2 is 2.08 bits per heavy atom. The number of fused-ring (bicyclic) bond motifs is 1. The maximum atomic E-state index is 13.9. The number of aryl methyl sites for hydroxylation is 1. The van der Waals surface area contributed by atoms with E-state index in [4.69, 9.17) is 9.47 Å². The zero-order valence-corrected chi connectivity index (χ0v) is 13.7. The standard InChI is InChI=1S/C18H15FN2O4/c1-11-4-3-7-21-16(22)8-12(20-17(11)21)10-25-18(23)14-6-5-13(24-2)9-15(14)19/h3-9H,10H2,1-2H3. The normalized spacial score (nSPS) is 10.7. The molecule has 3 rings (SSSR count). The van der Waals surface area contributed by atoms with Crippen molar-refractivity contribution in [3.05, 3.63) is 75.6 Å². The molecule has 0 radical (unpaired) electrons. The van der Waals surface area contributed by atoms with Gasteiger partial charge in [-0.05, 0) is 30.7 Å². The Labute approximate surface area is 142 Å². The van der Waals surface area contributed by atoms with E-state index in [1.807, 2.05) is 13.0 Å². The van der Waals surface area contributed by atoms with E-state index in [1.165, 1.54) is 29.7 Å². The number of ether oxygens (including phenoxy) is 2. The first kappa shape index (κ1) is 16.6. The van der Waals surface area contributed by atoms with Crippen LogP contribution in [0.15, 0.2) is 47.4 Å². The van der Waals surface area contributed by atoms with E-state index >= 15 is 0 Å². The predicted octanol–water partition coefficient (Wildman–Crippen LogP) is 2.51. The molecule has 0 atom stereocenters. The Bertz CT molecular complexity index is 1010. The van der Waals surface area contributed by atoms with E-state index in [0.717, 1.165) is 11.6 Å². The van der Waals surface area contributed by atoms with Gasteiger partial charge in [0.1, 0.15) is 23.8 Å². The number of carbonyl (C=O) groups is 1. The fourth-order valence-corrected chi connectivity index (χ4v) is 2.39. The molecule has 2 heterocycles. The minimum atomic E-state index is -0.841. The fraction of sp³-hybridized carbons (Fsp3) is 0.167. The van der Waals surface area contributed by atoms with Crippen LogP contribution in [-0.4, -0.2) is 22.5 Å². The highest BCUT2D eigenvalue weighted by Gasteiger charge is 2.15. The summed E-state index contributed by atoms with van der Waals surface area (Å²) in [4.78, 5) is 28.5. The molecule has 0 unspecified atom stereocenters. The molecule has 0 N–H and O–H groups in total. The molecule has 0 amide bonds. The van der Waals surface area contributed by atoms with Gasteiger partial charge in [-0.25, -0.2) is 14.2 Å². The van der Waals surface area contributed by atoms with Crippen molar-refractivity contribution in [3.8, 4) is 5.75 Å². The molecule has 1 aromatic carbocycles. The lowest BCUT2D eigenvalue weighted by molar-refractivity contribution is 0.0462. The molecule has 0 aliphatic rings. The van der Waals surface area contributed by atoms with Crippen LogP contribution in [0.4, 0.5) is 4.39 Å². The van der Waals surface area contributed by atoms with Crippen molar-refractivity contribution in [2.75, 3.05) is 7.11 Å². The summed E-state index contributed by atoms with van der Waals surface area (Å²) in [6, 6.07) is 8.69. The molecular formula is C18H15FN2O4. The number of esters is 1. The van der Waals surface area contributed by atoms with Crippen LogP contribution in [0, 0.1) is 12.7 Å². The minimum absolute atomic E-state index is 0.213. The second-order valence-corrected chi connectivity index (χ2v) is 5.39. The van der Waals surface area contributed by atoms with Gasteiger partial charge >= 0.3 is 5.97 Å². The lowest BCUT2D eigenvalue weighted by atomic mass is 10.2. The first-order valence-corrected chi connectivity index (χ1v) is 7.48.